The highest BCUT2D eigenvalue weighted by Gasteiger charge is 2.72. The number of hydrogen-bond donors (Lipinski definition) is 3. The summed E-state index contributed by atoms with van der Waals surface area (Å²) >= 11 is 11.8. The Balaban J connectivity index is 1.38. The zero-order chi connectivity index (χ0) is 31.8. The largest absolute Gasteiger partial charge is 0.484 e. The van der Waals surface area contributed by atoms with E-state index in [0.29, 0.717) is 29.8 Å². The van der Waals surface area contributed by atoms with Crippen LogP contribution in [0, 0.1) is 5.82 Å². The van der Waals surface area contributed by atoms with Gasteiger partial charge in [-0.1, -0.05) is 56.1 Å². The minimum atomic E-state index is -2.18. The molecule has 0 radical (unpaired) electrons. The van der Waals surface area contributed by atoms with Crippen LogP contribution in [0.3, 0.4) is 0 Å². The highest BCUT2D eigenvalue weighted by atomic mass is 35.5. The van der Waals surface area contributed by atoms with E-state index in [-0.39, 0.29) is 41.5 Å². The molecule has 9 nitrogen and oxygen atoms in total. The quantitative estimate of drug-likeness (QED) is 0.236. The van der Waals surface area contributed by atoms with Crippen molar-refractivity contribution in [1.29, 1.82) is 0 Å². The molecule has 5 rings (SSSR count). The lowest BCUT2D eigenvalue weighted by atomic mass is 9.43. The first-order chi connectivity index (χ1) is 19.9. The number of carboxylic acid groups (broad SMARTS) is 1. The van der Waals surface area contributed by atoms with Gasteiger partial charge in [-0.25, -0.2) is 9.18 Å². The third-order valence-electron chi connectivity index (χ3n) is 8.81. The number of carbonyl (C=O) groups is 3. The van der Waals surface area contributed by atoms with E-state index in [9.17, 15) is 23.9 Å². The zero-order valence-corrected chi connectivity index (χ0v) is 27.4. The molecule has 0 spiro atoms. The van der Waals surface area contributed by atoms with E-state index in [1.165, 1.54) is 17.0 Å². The van der Waals surface area contributed by atoms with Crippen LogP contribution in [-0.4, -0.2) is 67.1 Å². The Morgan fingerprint density at radius 1 is 1.05 bits per heavy atom. The molecule has 13 heteroatoms. The normalized spacial score (nSPS) is 21.6. The summed E-state index contributed by atoms with van der Waals surface area (Å²) in [5.41, 5.74) is -0.483. The molecule has 43 heavy (non-hydrogen) atoms. The molecule has 1 atom stereocenters. The van der Waals surface area contributed by atoms with Crippen molar-refractivity contribution >= 4 is 49.4 Å². The van der Waals surface area contributed by atoms with Gasteiger partial charge in [-0.05, 0) is 67.2 Å². The second kappa shape index (κ2) is 12.3. The maximum absolute atomic E-state index is 13.6. The summed E-state index contributed by atoms with van der Waals surface area (Å²) in [5, 5.41) is 16.5. The molecule has 3 aliphatic rings. The minimum Gasteiger partial charge on any atom is -0.484 e. The zero-order valence-electron chi connectivity index (χ0n) is 24.9. The number of nitrogens with zero attached hydrogens (tertiary/aromatic N) is 1. The molecule has 0 aliphatic heterocycles. The Labute approximate surface area is 262 Å². The minimum absolute atomic E-state index is 0.0120. The van der Waals surface area contributed by atoms with Gasteiger partial charge in [-0.3, -0.25) is 9.59 Å². The van der Waals surface area contributed by atoms with Gasteiger partial charge in [0.15, 0.2) is 14.9 Å². The molecular weight excluding hydrogens is 616 g/mol. The standard InChI is InChI=1S/C30H38Cl2FN3O6Si/c1-28(2,3)43(4,5)42-15-25(37)34-24(19-6-8-20(31)9-7-19)13-36(27(39)40)30-16-29(17-30,18-30)35-26(38)14-41-21-10-11-22(32)23(33)12-21/h6-12,24H,13-18H2,1-5H3,(H,34,37)(H,35,38)(H,39,40). The molecule has 3 fully saturated rings. The third kappa shape index (κ3) is 7.45. The highest BCUT2D eigenvalue weighted by Crippen LogP contribution is 2.63. The van der Waals surface area contributed by atoms with Gasteiger partial charge >= 0.3 is 6.09 Å². The number of benzene rings is 2. The van der Waals surface area contributed by atoms with E-state index in [4.69, 9.17) is 32.4 Å². The SMILES string of the molecule is CC(C)(C)[Si](C)(C)OCC(=O)NC(CN(C(=O)O)C12CC(NC(=O)COc3ccc(Cl)c(F)c3)(C1)C2)c1ccc(Cl)cc1. The van der Waals surface area contributed by atoms with Gasteiger partial charge in [0.1, 0.15) is 18.2 Å². The number of halogens is 3. The van der Waals surface area contributed by atoms with Crippen molar-refractivity contribution in [3.05, 3.63) is 63.9 Å². The lowest BCUT2D eigenvalue weighted by Crippen LogP contribution is -2.84. The van der Waals surface area contributed by atoms with Crippen molar-refractivity contribution in [2.45, 2.75) is 75.3 Å². The van der Waals surface area contributed by atoms with Crippen LogP contribution in [0.5, 0.6) is 5.75 Å². The molecule has 1 unspecified atom stereocenters. The van der Waals surface area contributed by atoms with Crippen molar-refractivity contribution in [2.24, 2.45) is 0 Å². The Bertz CT molecular complexity index is 1370. The van der Waals surface area contributed by atoms with Gasteiger partial charge in [-0.2, -0.15) is 0 Å². The van der Waals surface area contributed by atoms with Crippen LogP contribution in [0.4, 0.5) is 9.18 Å². The first-order valence-corrected chi connectivity index (χ1v) is 17.7. The lowest BCUT2D eigenvalue weighted by Gasteiger charge is -2.73. The van der Waals surface area contributed by atoms with Gasteiger partial charge in [-0.15, -0.1) is 0 Å². The van der Waals surface area contributed by atoms with Crippen molar-refractivity contribution in [3.8, 4) is 5.75 Å². The molecule has 3 amide bonds. The summed E-state index contributed by atoms with van der Waals surface area (Å²) in [4.78, 5) is 39.5. The van der Waals surface area contributed by atoms with Crippen LogP contribution in [0.2, 0.25) is 28.2 Å². The predicted octanol–water partition coefficient (Wildman–Crippen LogP) is 6.16. The molecule has 234 valence electrons. The van der Waals surface area contributed by atoms with E-state index in [0.717, 1.165) is 6.07 Å². The van der Waals surface area contributed by atoms with Crippen molar-refractivity contribution < 1.29 is 33.0 Å². The smallest absolute Gasteiger partial charge is 0.407 e. The second-order valence-corrected chi connectivity index (χ2v) is 18.7. The van der Waals surface area contributed by atoms with E-state index in [1.807, 2.05) is 0 Å². The molecule has 0 heterocycles. The van der Waals surface area contributed by atoms with Gasteiger partial charge in [0.25, 0.3) is 5.91 Å². The van der Waals surface area contributed by atoms with Crippen LogP contribution >= 0.6 is 23.2 Å². The molecule has 3 saturated carbocycles. The molecule has 2 aromatic rings. The Morgan fingerprint density at radius 3 is 2.23 bits per heavy atom. The van der Waals surface area contributed by atoms with E-state index >= 15 is 0 Å². The summed E-state index contributed by atoms with van der Waals surface area (Å²) < 4.78 is 25.1. The Hall–Kier alpha value is -2.86. The maximum atomic E-state index is 13.6. The number of nitrogens with one attached hydrogen (secondary N) is 2. The van der Waals surface area contributed by atoms with E-state index in [1.54, 1.807) is 24.3 Å². The average Bonchev–Trinajstić information content (AvgIpc) is 2.87. The summed E-state index contributed by atoms with van der Waals surface area (Å²) in [6, 6.07) is 10.2. The predicted molar refractivity (Wildman–Crippen MR) is 165 cm³/mol. The number of amides is 3. The molecule has 3 N–H and O–H groups in total. The summed E-state index contributed by atoms with van der Waals surface area (Å²) in [7, 11) is -2.18. The third-order valence-corrected chi connectivity index (χ3v) is 13.9. The van der Waals surface area contributed by atoms with E-state index in [2.05, 4.69) is 44.5 Å². The molecule has 2 bridgehead atoms. The number of carbonyl (C=O) groups excluding carboxylic acids is 2. The maximum Gasteiger partial charge on any atom is 0.407 e. The van der Waals surface area contributed by atoms with Gasteiger partial charge in [0.05, 0.1) is 16.6 Å². The number of rotatable bonds is 12. The van der Waals surface area contributed by atoms with Crippen LogP contribution in [-0.2, 0) is 14.0 Å². The molecular formula is C30H38Cl2FN3O6Si. The Morgan fingerprint density at radius 2 is 1.67 bits per heavy atom. The first kappa shape index (κ1) is 33.0. The summed E-state index contributed by atoms with van der Waals surface area (Å²) in [6.07, 6.45) is 0.189. The topological polar surface area (TPSA) is 117 Å². The van der Waals surface area contributed by atoms with Crippen LogP contribution in [0.25, 0.3) is 0 Å². The van der Waals surface area contributed by atoms with Crippen molar-refractivity contribution in [3.63, 3.8) is 0 Å². The lowest BCUT2D eigenvalue weighted by molar-refractivity contribution is -0.174. The molecule has 2 aromatic carbocycles. The second-order valence-electron chi connectivity index (χ2n) is 13.1. The van der Waals surface area contributed by atoms with Crippen LogP contribution in [0.1, 0.15) is 51.6 Å². The average molecular weight is 655 g/mol. The summed E-state index contributed by atoms with van der Waals surface area (Å²) in [6.45, 7) is 9.95. The van der Waals surface area contributed by atoms with Crippen LogP contribution in [0.15, 0.2) is 42.5 Å². The van der Waals surface area contributed by atoms with Crippen molar-refractivity contribution in [1.82, 2.24) is 15.5 Å². The molecule has 0 saturated heterocycles. The van der Waals surface area contributed by atoms with E-state index < -0.39 is 43.3 Å². The monoisotopic (exact) mass is 653 g/mol. The van der Waals surface area contributed by atoms with Gasteiger partial charge in [0, 0.05) is 23.2 Å². The fourth-order valence-electron chi connectivity index (χ4n) is 5.49. The fraction of sp³-hybridized carbons (Fsp3) is 0.500. The highest BCUT2D eigenvalue weighted by molar-refractivity contribution is 6.74. The van der Waals surface area contributed by atoms with Crippen molar-refractivity contribution in [2.75, 3.05) is 19.8 Å². The summed E-state index contributed by atoms with van der Waals surface area (Å²) in [5.74, 6) is -1.20. The first-order valence-electron chi connectivity index (χ1n) is 14.0. The van der Waals surface area contributed by atoms with Gasteiger partial charge in [0.2, 0.25) is 5.91 Å². The fourth-order valence-corrected chi connectivity index (χ4v) is 6.65. The molecule has 0 aromatic heterocycles. The van der Waals surface area contributed by atoms with Crippen LogP contribution < -0.4 is 15.4 Å². The number of hydrogen-bond acceptors (Lipinski definition) is 5. The number of ether oxygens (including phenoxy) is 1. The van der Waals surface area contributed by atoms with Gasteiger partial charge < -0.3 is 29.8 Å². The Kier molecular flexibility index (Phi) is 9.42. The molecule has 3 aliphatic carbocycles.